The zero-order valence-corrected chi connectivity index (χ0v) is 34.8. The molecule has 0 saturated carbocycles. The molecule has 2 aliphatic heterocycles. The Balaban J connectivity index is 1.57. The number of likely N-dealkylation sites (N-methyl/N-ethyl adjacent to an activating group) is 1. The maximum Gasteiger partial charge on any atom is 0.322 e. The number of methoxy groups -OCH3 is 2. The molecule has 2 aromatic heterocycles. The van der Waals surface area contributed by atoms with Crippen LogP contribution in [0.4, 0.5) is 0 Å². The molecule has 0 N–H and O–H groups in total. The highest BCUT2D eigenvalue weighted by atomic mass is 16.5. The first-order valence-electron chi connectivity index (χ1n) is 21.6. The number of rotatable bonds is 26. The Morgan fingerprint density at radius 2 is 1.07 bits per heavy atom. The molecule has 0 unspecified atom stereocenters. The maximum absolute atomic E-state index is 15.5. The Hall–Kier alpha value is -3.21. The third-order valence-electron chi connectivity index (χ3n) is 12.3. The van der Waals surface area contributed by atoms with Crippen LogP contribution in [0.3, 0.4) is 0 Å². The van der Waals surface area contributed by atoms with Crippen molar-refractivity contribution >= 4 is 17.7 Å². The molecule has 0 aromatic carbocycles. The van der Waals surface area contributed by atoms with Gasteiger partial charge in [-0.3, -0.25) is 34.2 Å². The number of esters is 2. The predicted molar refractivity (Wildman–Crippen MR) is 218 cm³/mol. The monoisotopic (exact) mass is 762 g/mol. The normalized spacial score (nSPS) is 22.9. The van der Waals surface area contributed by atoms with E-state index in [0.717, 1.165) is 38.9 Å². The van der Waals surface area contributed by atoms with Gasteiger partial charge in [0.25, 0.3) is 0 Å². The van der Waals surface area contributed by atoms with E-state index in [1.807, 2.05) is 36.4 Å². The minimum Gasteiger partial charge on any atom is -0.468 e. The van der Waals surface area contributed by atoms with Crippen LogP contribution in [-0.2, 0) is 23.9 Å². The average Bonchev–Trinajstić information content (AvgIpc) is 3.21. The molecule has 4 atom stereocenters. The Morgan fingerprint density at radius 3 is 1.44 bits per heavy atom. The van der Waals surface area contributed by atoms with Crippen molar-refractivity contribution in [2.24, 2.45) is 10.8 Å². The SMILES string of the molecule is CCCCCCCCCCCCCCCCCCN1[C@@H](c2ccccn2)[C@@]2(C(=O)OC)CN(CCN(CC)CC)C[C@](C(=O)OC)(C2=O)[C@H]1c1ccccn1. The van der Waals surface area contributed by atoms with Crippen molar-refractivity contribution in [1.29, 1.82) is 0 Å². The maximum atomic E-state index is 15.5. The van der Waals surface area contributed by atoms with Crippen molar-refractivity contribution in [3.05, 3.63) is 60.2 Å². The minimum absolute atomic E-state index is 0.115. The van der Waals surface area contributed by atoms with Gasteiger partial charge >= 0.3 is 11.9 Å². The van der Waals surface area contributed by atoms with Gasteiger partial charge in [0.15, 0.2) is 16.6 Å². The largest absolute Gasteiger partial charge is 0.468 e. The van der Waals surface area contributed by atoms with Crippen molar-refractivity contribution in [2.45, 2.75) is 136 Å². The van der Waals surface area contributed by atoms with Gasteiger partial charge in [0.05, 0.1) is 37.7 Å². The van der Waals surface area contributed by atoms with Gasteiger partial charge in [-0.1, -0.05) is 129 Å². The van der Waals surface area contributed by atoms with Gasteiger partial charge in [-0.05, 0) is 50.3 Å². The number of pyridine rings is 2. The second kappa shape index (κ2) is 23.1. The number of likely N-dealkylation sites (tertiary alicyclic amines) is 2. The third-order valence-corrected chi connectivity index (χ3v) is 12.3. The first-order chi connectivity index (χ1) is 26.8. The van der Waals surface area contributed by atoms with Gasteiger partial charge in [-0.25, -0.2) is 0 Å². The quantitative estimate of drug-likeness (QED) is 0.0528. The molecule has 0 aliphatic carbocycles. The van der Waals surface area contributed by atoms with Crippen molar-refractivity contribution in [3.8, 4) is 0 Å². The lowest BCUT2D eigenvalue weighted by Gasteiger charge is -2.61. The van der Waals surface area contributed by atoms with Crippen molar-refractivity contribution in [2.75, 3.05) is 60.0 Å². The Labute approximate surface area is 332 Å². The number of carbonyl (C=O) groups is 3. The van der Waals surface area contributed by atoms with Crippen LogP contribution in [0.1, 0.15) is 147 Å². The molecule has 306 valence electrons. The van der Waals surface area contributed by atoms with Gasteiger partial charge < -0.3 is 14.4 Å². The summed E-state index contributed by atoms with van der Waals surface area (Å²) in [5, 5.41) is 0. The molecule has 0 radical (unpaired) electrons. The van der Waals surface area contributed by atoms with E-state index in [2.05, 4.69) is 35.5 Å². The van der Waals surface area contributed by atoms with Gasteiger partial charge in [0.2, 0.25) is 0 Å². The molecule has 55 heavy (non-hydrogen) atoms. The summed E-state index contributed by atoms with van der Waals surface area (Å²) < 4.78 is 11.1. The van der Waals surface area contributed by atoms with Crippen LogP contribution in [-0.4, -0.2) is 102 Å². The lowest BCUT2D eigenvalue weighted by Crippen LogP contribution is -2.76. The van der Waals surface area contributed by atoms with Crippen LogP contribution < -0.4 is 0 Å². The zero-order valence-electron chi connectivity index (χ0n) is 34.8. The molecule has 4 rings (SSSR count). The van der Waals surface area contributed by atoms with Crippen LogP contribution in [0.5, 0.6) is 0 Å². The summed E-state index contributed by atoms with van der Waals surface area (Å²) in [6, 6.07) is 9.66. The number of aromatic nitrogens is 2. The molecule has 4 heterocycles. The van der Waals surface area contributed by atoms with E-state index in [1.54, 1.807) is 12.4 Å². The van der Waals surface area contributed by atoms with E-state index in [9.17, 15) is 9.59 Å². The van der Waals surface area contributed by atoms with Crippen LogP contribution in [0, 0.1) is 10.8 Å². The third kappa shape index (κ3) is 10.8. The number of ether oxygens (including phenoxy) is 2. The van der Waals surface area contributed by atoms with Gasteiger partial charge in [0.1, 0.15) is 0 Å². The van der Waals surface area contributed by atoms with Gasteiger partial charge in [-0.15, -0.1) is 0 Å². The molecule has 10 nitrogen and oxygen atoms in total. The fourth-order valence-electron chi connectivity index (χ4n) is 9.34. The highest BCUT2D eigenvalue weighted by molar-refractivity contribution is 6.17. The summed E-state index contributed by atoms with van der Waals surface area (Å²) in [6.07, 6.45) is 23.7. The van der Waals surface area contributed by atoms with Crippen molar-refractivity contribution in [1.82, 2.24) is 24.7 Å². The van der Waals surface area contributed by atoms with E-state index < -0.39 is 40.6 Å². The summed E-state index contributed by atoms with van der Waals surface area (Å²) in [5.41, 5.74) is -2.25. The number of fused-ring (bicyclic) bond motifs is 2. The van der Waals surface area contributed by atoms with E-state index in [1.165, 1.54) is 97.7 Å². The topological polar surface area (TPSA) is 105 Å². The molecule has 0 spiro atoms. The average molecular weight is 762 g/mol. The molecular formula is C45H71N5O5. The lowest BCUT2D eigenvalue weighted by molar-refractivity contribution is -0.206. The number of hydrogen-bond donors (Lipinski definition) is 0. The van der Waals surface area contributed by atoms with E-state index in [0.29, 0.717) is 24.5 Å². The minimum atomic E-state index is -1.72. The fourth-order valence-corrected chi connectivity index (χ4v) is 9.34. The molecule has 2 saturated heterocycles. The fraction of sp³-hybridized carbons (Fsp3) is 0.711. The second-order valence-electron chi connectivity index (χ2n) is 15.8. The van der Waals surface area contributed by atoms with Crippen LogP contribution in [0.2, 0.25) is 0 Å². The van der Waals surface area contributed by atoms with Crippen LogP contribution in [0.15, 0.2) is 48.8 Å². The lowest BCUT2D eigenvalue weighted by atomic mass is 9.54. The zero-order chi connectivity index (χ0) is 39.5. The van der Waals surface area contributed by atoms with E-state index in [4.69, 9.17) is 19.4 Å². The summed E-state index contributed by atoms with van der Waals surface area (Å²) in [4.78, 5) is 60.6. The first kappa shape index (κ1) is 44.5. The van der Waals surface area contributed by atoms with Crippen LogP contribution >= 0.6 is 0 Å². The number of Topliss-reactive ketones (excluding diaryl/α,β-unsaturated/α-hetero) is 1. The smallest absolute Gasteiger partial charge is 0.322 e. The molecular weight excluding hydrogens is 691 g/mol. The predicted octanol–water partition coefficient (Wildman–Crippen LogP) is 8.38. The molecule has 2 bridgehead atoms. The summed E-state index contributed by atoms with van der Waals surface area (Å²) in [7, 11) is 2.67. The number of ketones is 1. The van der Waals surface area contributed by atoms with E-state index in [-0.39, 0.29) is 13.1 Å². The molecule has 2 aromatic rings. The Bertz CT molecular complexity index is 1350. The molecule has 2 aliphatic rings. The van der Waals surface area contributed by atoms with E-state index >= 15 is 4.79 Å². The van der Waals surface area contributed by atoms with Crippen LogP contribution in [0.25, 0.3) is 0 Å². The van der Waals surface area contributed by atoms with Crippen molar-refractivity contribution in [3.63, 3.8) is 0 Å². The first-order valence-corrected chi connectivity index (χ1v) is 21.6. The highest BCUT2D eigenvalue weighted by Gasteiger charge is 2.75. The Kier molecular flexibility index (Phi) is 18.7. The number of piperidine rings is 2. The van der Waals surface area contributed by atoms with Gasteiger partial charge in [0, 0.05) is 38.6 Å². The molecule has 2 fully saturated rings. The second-order valence-corrected chi connectivity index (χ2v) is 15.8. The Morgan fingerprint density at radius 1 is 0.655 bits per heavy atom. The number of unbranched alkanes of at least 4 members (excludes halogenated alkanes) is 15. The highest BCUT2D eigenvalue weighted by Crippen LogP contribution is 2.60. The number of nitrogens with zero attached hydrogens (tertiary/aromatic N) is 5. The summed E-state index contributed by atoms with van der Waals surface area (Å²) in [5.74, 6) is -1.76. The standard InChI is InChI=1S/C45H71N5O5/c1-6-9-10-11-12-13-14-15-16-17-18-19-20-21-22-27-32-50-39(37-28-23-25-30-46-37)44(42(52)54-4)35-49(34-33-48(7-2)8-3)36-45(41(44)51,43(53)55-5)40(50)38-29-24-26-31-47-38/h23-26,28-31,39-40H,6-22,27,32-36H2,1-5H3/t39-,40+,44-,45+. The molecule has 0 amide bonds. The van der Waals surface area contributed by atoms with Crippen molar-refractivity contribution < 1.29 is 23.9 Å². The summed E-state index contributed by atoms with van der Waals surface area (Å²) in [6.45, 7) is 10.3. The summed E-state index contributed by atoms with van der Waals surface area (Å²) >= 11 is 0. The number of carbonyl (C=O) groups excluding carboxylic acids is 3. The van der Waals surface area contributed by atoms with Gasteiger partial charge in [-0.2, -0.15) is 0 Å². The number of hydrogen-bond acceptors (Lipinski definition) is 10. The molecule has 10 heteroatoms.